The van der Waals surface area contributed by atoms with Gasteiger partial charge in [0.25, 0.3) is 5.91 Å². The molecule has 1 aromatic rings. The van der Waals surface area contributed by atoms with Crippen molar-refractivity contribution in [1.29, 1.82) is 0 Å². The summed E-state index contributed by atoms with van der Waals surface area (Å²) in [5.41, 5.74) is 6.40. The van der Waals surface area contributed by atoms with Gasteiger partial charge in [-0.05, 0) is 25.0 Å². The summed E-state index contributed by atoms with van der Waals surface area (Å²) in [5.74, 6) is -0.220. The van der Waals surface area contributed by atoms with Crippen molar-refractivity contribution in [1.82, 2.24) is 5.32 Å². The van der Waals surface area contributed by atoms with Gasteiger partial charge in [-0.25, -0.2) is 0 Å². The van der Waals surface area contributed by atoms with Gasteiger partial charge < -0.3 is 11.1 Å². The van der Waals surface area contributed by atoms with E-state index in [-0.39, 0.29) is 28.9 Å². The zero-order valence-corrected chi connectivity index (χ0v) is 13.5. The Labute approximate surface area is 135 Å². The standard InChI is InChI=1S/C14H18Cl2N2O.ClH/c15-11-6-4-5-10(12(11)16)13(19)18-9-14(17)7-2-1-3-8-14;/h4-6H,1-3,7-9,17H2,(H,18,19);1H. The van der Waals surface area contributed by atoms with Crippen LogP contribution in [0, 0.1) is 0 Å². The monoisotopic (exact) mass is 336 g/mol. The van der Waals surface area contributed by atoms with Crippen molar-refractivity contribution in [2.75, 3.05) is 6.54 Å². The van der Waals surface area contributed by atoms with E-state index in [0.717, 1.165) is 25.7 Å². The number of halogens is 3. The topological polar surface area (TPSA) is 55.1 Å². The molecular weight excluding hydrogens is 319 g/mol. The molecule has 0 spiro atoms. The molecule has 20 heavy (non-hydrogen) atoms. The highest BCUT2D eigenvalue weighted by molar-refractivity contribution is 6.43. The molecule has 0 bridgehead atoms. The molecule has 2 rings (SSSR count). The molecule has 1 fully saturated rings. The number of amides is 1. The number of hydrogen-bond acceptors (Lipinski definition) is 2. The first-order valence-corrected chi connectivity index (χ1v) is 7.28. The second kappa shape index (κ2) is 7.51. The minimum absolute atomic E-state index is 0. The predicted molar refractivity (Wildman–Crippen MR) is 86.0 cm³/mol. The van der Waals surface area contributed by atoms with Gasteiger partial charge >= 0.3 is 0 Å². The SMILES string of the molecule is Cl.NC1(CNC(=O)c2cccc(Cl)c2Cl)CCCCC1. The van der Waals surface area contributed by atoms with Crippen LogP contribution in [0.15, 0.2) is 18.2 Å². The minimum atomic E-state index is -0.279. The van der Waals surface area contributed by atoms with Crippen LogP contribution in [0.25, 0.3) is 0 Å². The Balaban J connectivity index is 0.00000200. The molecule has 0 aliphatic heterocycles. The zero-order chi connectivity index (χ0) is 13.9. The Morgan fingerprint density at radius 2 is 1.90 bits per heavy atom. The zero-order valence-electron chi connectivity index (χ0n) is 11.1. The summed E-state index contributed by atoms with van der Waals surface area (Å²) in [6.45, 7) is 0.481. The number of carbonyl (C=O) groups excluding carboxylic acids is 1. The lowest BCUT2D eigenvalue weighted by molar-refractivity contribution is 0.0938. The minimum Gasteiger partial charge on any atom is -0.350 e. The van der Waals surface area contributed by atoms with Gasteiger partial charge in [0, 0.05) is 12.1 Å². The van der Waals surface area contributed by atoms with Crippen molar-refractivity contribution in [2.24, 2.45) is 5.73 Å². The number of nitrogens with one attached hydrogen (secondary N) is 1. The number of nitrogens with two attached hydrogens (primary N) is 1. The third-order valence-corrected chi connectivity index (χ3v) is 4.47. The molecule has 6 heteroatoms. The second-order valence-electron chi connectivity index (χ2n) is 5.21. The molecule has 112 valence electrons. The Morgan fingerprint density at radius 1 is 1.25 bits per heavy atom. The lowest BCUT2D eigenvalue weighted by Gasteiger charge is -2.33. The molecule has 0 aromatic heterocycles. The molecule has 0 unspecified atom stereocenters. The third kappa shape index (κ3) is 4.26. The van der Waals surface area contributed by atoms with Gasteiger partial charge in [0.1, 0.15) is 0 Å². The van der Waals surface area contributed by atoms with Crippen LogP contribution in [0.4, 0.5) is 0 Å². The number of rotatable bonds is 3. The summed E-state index contributed by atoms with van der Waals surface area (Å²) < 4.78 is 0. The summed E-state index contributed by atoms with van der Waals surface area (Å²) in [5, 5.41) is 3.54. The molecule has 0 saturated heterocycles. The third-order valence-electron chi connectivity index (χ3n) is 3.65. The fourth-order valence-electron chi connectivity index (χ4n) is 2.46. The summed E-state index contributed by atoms with van der Waals surface area (Å²) in [4.78, 5) is 12.1. The van der Waals surface area contributed by atoms with E-state index in [1.54, 1.807) is 18.2 Å². The molecule has 0 heterocycles. The average molecular weight is 338 g/mol. The van der Waals surface area contributed by atoms with Crippen LogP contribution < -0.4 is 11.1 Å². The van der Waals surface area contributed by atoms with Gasteiger partial charge in [0.05, 0.1) is 15.6 Å². The average Bonchev–Trinajstić information content (AvgIpc) is 2.40. The predicted octanol–water partition coefficient (Wildman–Crippen LogP) is 3.81. The first-order chi connectivity index (χ1) is 9.02. The van der Waals surface area contributed by atoms with Crippen LogP contribution in [0.1, 0.15) is 42.5 Å². The summed E-state index contributed by atoms with van der Waals surface area (Å²) in [7, 11) is 0. The quantitative estimate of drug-likeness (QED) is 0.881. The normalized spacial score (nSPS) is 17.1. The number of carbonyl (C=O) groups is 1. The maximum absolute atomic E-state index is 12.1. The molecule has 1 aliphatic rings. The lowest BCUT2D eigenvalue weighted by Crippen LogP contribution is -2.51. The lowest BCUT2D eigenvalue weighted by atomic mass is 9.82. The Kier molecular flexibility index (Phi) is 6.59. The molecule has 3 N–H and O–H groups in total. The van der Waals surface area contributed by atoms with Gasteiger partial charge in [0.15, 0.2) is 0 Å². The van der Waals surface area contributed by atoms with Crippen LogP contribution in [0.5, 0.6) is 0 Å². The highest BCUT2D eigenvalue weighted by Crippen LogP contribution is 2.27. The fraction of sp³-hybridized carbons (Fsp3) is 0.500. The van der Waals surface area contributed by atoms with Crippen molar-refractivity contribution in [2.45, 2.75) is 37.6 Å². The van der Waals surface area contributed by atoms with Crippen LogP contribution >= 0.6 is 35.6 Å². The van der Waals surface area contributed by atoms with Gasteiger partial charge in [-0.15, -0.1) is 12.4 Å². The molecule has 0 atom stereocenters. The van der Waals surface area contributed by atoms with E-state index < -0.39 is 0 Å². The van der Waals surface area contributed by atoms with E-state index in [4.69, 9.17) is 28.9 Å². The summed E-state index contributed by atoms with van der Waals surface area (Å²) in [6.07, 6.45) is 5.40. The van der Waals surface area contributed by atoms with E-state index in [0.29, 0.717) is 17.1 Å². The van der Waals surface area contributed by atoms with Gasteiger partial charge in [0.2, 0.25) is 0 Å². The van der Waals surface area contributed by atoms with Crippen LogP contribution in [0.3, 0.4) is 0 Å². The Hall–Kier alpha value is -0.480. The molecule has 1 aliphatic carbocycles. The van der Waals surface area contributed by atoms with Crippen molar-refractivity contribution < 1.29 is 4.79 Å². The first-order valence-electron chi connectivity index (χ1n) is 6.53. The fourth-order valence-corrected chi connectivity index (χ4v) is 2.85. The second-order valence-corrected chi connectivity index (χ2v) is 5.99. The van der Waals surface area contributed by atoms with Gasteiger partial charge in [-0.3, -0.25) is 4.79 Å². The first kappa shape index (κ1) is 17.6. The van der Waals surface area contributed by atoms with Crippen molar-refractivity contribution >= 4 is 41.5 Å². The Bertz CT molecular complexity index is 473. The van der Waals surface area contributed by atoms with E-state index in [9.17, 15) is 4.79 Å². The highest BCUT2D eigenvalue weighted by Gasteiger charge is 2.28. The van der Waals surface area contributed by atoms with Crippen molar-refractivity contribution in [3.63, 3.8) is 0 Å². The van der Waals surface area contributed by atoms with Crippen LogP contribution in [-0.4, -0.2) is 18.0 Å². The van der Waals surface area contributed by atoms with E-state index in [1.807, 2.05) is 0 Å². The Morgan fingerprint density at radius 3 is 2.55 bits per heavy atom. The van der Waals surface area contributed by atoms with E-state index in [1.165, 1.54) is 6.42 Å². The van der Waals surface area contributed by atoms with E-state index in [2.05, 4.69) is 5.32 Å². The number of hydrogen-bond donors (Lipinski definition) is 2. The molecular formula is C14H19Cl3N2O. The van der Waals surface area contributed by atoms with Crippen LogP contribution in [-0.2, 0) is 0 Å². The van der Waals surface area contributed by atoms with Crippen LogP contribution in [0.2, 0.25) is 10.0 Å². The smallest absolute Gasteiger partial charge is 0.252 e. The number of benzene rings is 1. The summed E-state index contributed by atoms with van der Waals surface area (Å²) in [6, 6.07) is 5.03. The highest BCUT2D eigenvalue weighted by atomic mass is 35.5. The van der Waals surface area contributed by atoms with E-state index >= 15 is 0 Å². The van der Waals surface area contributed by atoms with Gasteiger partial charge in [-0.2, -0.15) is 0 Å². The molecule has 0 radical (unpaired) electrons. The largest absolute Gasteiger partial charge is 0.350 e. The maximum atomic E-state index is 12.1. The van der Waals surface area contributed by atoms with Crippen molar-refractivity contribution in [3.05, 3.63) is 33.8 Å². The molecule has 1 amide bonds. The maximum Gasteiger partial charge on any atom is 0.252 e. The van der Waals surface area contributed by atoms with Gasteiger partial charge in [-0.1, -0.05) is 48.5 Å². The van der Waals surface area contributed by atoms with Crippen molar-refractivity contribution in [3.8, 4) is 0 Å². The molecule has 3 nitrogen and oxygen atoms in total. The molecule has 1 saturated carbocycles. The summed E-state index contributed by atoms with van der Waals surface area (Å²) >= 11 is 11.9. The molecule has 1 aromatic carbocycles.